The molecule has 1 N–H and O–H groups in total. The lowest BCUT2D eigenvalue weighted by molar-refractivity contribution is 0.637. The van der Waals surface area contributed by atoms with Crippen molar-refractivity contribution in [3.8, 4) is 0 Å². The molecule has 0 radical (unpaired) electrons. The number of benzene rings is 1. The van der Waals surface area contributed by atoms with Gasteiger partial charge in [-0.15, -0.1) is 0 Å². The van der Waals surface area contributed by atoms with Crippen molar-refractivity contribution in [3.05, 3.63) is 34.7 Å². The van der Waals surface area contributed by atoms with E-state index in [1.807, 2.05) is 26.1 Å². The zero-order chi connectivity index (χ0) is 11.7. The first kappa shape index (κ1) is 11.3. The molecule has 1 aromatic heterocycles. The molecule has 0 spiro atoms. The van der Waals surface area contributed by atoms with Crippen LogP contribution in [0.4, 0.5) is 0 Å². The summed E-state index contributed by atoms with van der Waals surface area (Å²) in [5.74, 6) is 0. The number of nitrogens with one attached hydrogen (secondary N) is 1. The summed E-state index contributed by atoms with van der Waals surface area (Å²) in [6.45, 7) is 4.09. The van der Waals surface area contributed by atoms with E-state index in [2.05, 4.69) is 28.3 Å². The molecule has 16 heavy (non-hydrogen) atoms. The van der Waals surface area contributed by atoms with E-state index in [9.17, 15) is 0 Å². The summed E-state index contributed by atoms with van der Waals surface area (Å²) in [5, 5.41) is 4.52. The van der Waals surface area contributed by atoms with Crippen LogP contribution in [0.3, 0.4) is 0 Å². The standard InChI is InChI=1S/C12H14ClN3/c1-7-4-5-9-10(6-7)15-12(13)16-11(9)8(2)14-3/h4-6,8,14H,1-3H3. The SMILES string of the molecule is CNC(C)c1nc(Cl)nc2cc(C)ccc12. The molecule has 0 aliphatic rings. The molecule has 1 aromatic carbocycles. The lowest BCUT2D eigenvalue weighted by Gasteiger charge is -2.12. The number of aromatic nitrogens is 2. The van der Waals surface area contributed by atoms with Gasteiger partial charge in [0.2, 0.25) is 5.28 Å². The molecule has 1 heterocycles. The van der Waals surface area contributed by atoms with Gasteiger partial charge in [-0.2, -0.15) is 0 Å². The van der Waals surface area contributed by atoms with Crippen LogP contribution < -0.4 is 5.32 Å². The van der Waals surface area contributed by atoms with Gasteiger partial charge in [0, 0.05) is 11.4 Å². The molecular formula is C12H14ClN3. The molecule has 4 heteroatoms. The number of halogens is 1. The number of hydrogen-bond acceptors (Lipinski definition) is 3. The number of hydrogen-bond donors (Lipinski definition) is 1. The van der Waals surface area contributed by atoms with Crippen molar-refractivity contribution < 1.29 is 0 Å². The molecule has 0 aliphatic carbocycles. The molecular weight excluding hydrogens is 222 g/mol. The number of nitrogens with zero attached hydrogens (tertiary/aromatic N) is 2. The topological polar surface area (TPSA) is 37.8 Å². The van der Waals surface area contributed by atoms with Crippen LogP contribution in [0.5, 0.6) is 0 Å². The van der Waals surface area contributed by atoms with E-state index < -0.39 is 0 Å². The van der Waals surface area contributed by atoms with Gasteiger partial charge < -0.3 is 5.32 Å². The van der Waals surface area contributed by atoms with Gasteiger partial charge in [-0.1, -0.05) is 12.1 Å². The zero-order valence-electron chi connectivity index (χ0n) is 9.58. The van der Waals surface area contributed by atoms with E-state index >= 15 is 0 Å². The summed E-state index contributed by atoms with van der Waals surface area (Å²) in [7, 11) is 1.90. The van der Waals surface area contributed by atoms with Crippen molar-refractivity contribution in [2.45, 2.75) is 19.9 Å². The maximum absolute atomic E-state index is 5.93. The van der Waals surface area contributed by atoms with Crippen molar-refractivity contribution in [1.29, 1.82) is 0 Å². The van der Waals surface area contributed by atoms with Crippen LogP contribution in [0.15, 0.2) is 18.2 Å². The van der Waals surface area contributed by atoms with Crippen LogP contribution in [0, 0.1) is 6.92 Å². The summed E-state index contributed by atoms with van der Waals surface area (Å²) in [6, 6.07) is 6.29. The highest BCUT2D eigenvalue weighted by atomic mass is 35.5. The van der Waals surface area contributed by atoms with Crippen molar-refractivity contribution in [3.63, 3.8) is 0 Å². The monoisotopic (exact) mass is 235 g/mol. The fourth-order valence-electron chi connectivity index (χ4n) is 1.70. The summed E-state index contributed by atoms with van der Waals surface area (Å²) in [6.07, 6.45) is 0. The third-order valence-electron chi connectivity index (χ3n) is 2.70. The van der Waals surface area contributed by atoms with Crippen molar-refractivity contribution in [2.24, 2.45) is 0 Å². The van der Waals surface area contributed by atoms with E-state index in [4.69, 9.17) is 11.6 Å². The first-order valence-corrected chi connectivity index (χ1v) is 5.60. The van der Waals surface area contributed by atoms with E-state index in [0.29, 0.717) is 5.28 Å². The Morgan fingerprint density at radius 3 is 2.75 bits per heavy atom. The van der Waals surface area contributed by atoms with Gasteiger partial charge in [0.05, 0.1) is 11.2 Å². The Morgan fingerprint density at radius 2 is 2.06 bits per heavy atom. The molecule has 2 rings (SSSR count). The molecule has 0 aliphatic heterocycles. The van der Waals surface area contributed by atoms with E-state index in [-0.39, 0.29) is 6.04 Å². The summed E-state index contributed by atoms with van der Waals surface area (Å²) < 4.78 is 0. The van der Waals surface area contributed by atoms with Gasteiger partial charge in [0.1, 0.15) is 0 Å². The lowest BCUT2D eigenvalue weighted by atomic mass is 10.1. The van der Waals surface area contributed by atoms with Gasteiger partial charge in [0.25, 0.3) is 0 Å². The van der Waals surface area contributed by atoms with Gasteiger partial charge in [-0.3, -0.25) is 0 Å². The Morgan fingerprint density at radius 1 is 1.31 bits per heavy atom. The molecule has 2 aromatic rings. The van der Waals surface area contributed by atoms with Crippen LogP contribution >= 0.6 is 11.6 Å². The fourth-order valence-corrected chi connectivity index (χ4v) is 1.88. The van der Waals surface area contributed by atoms with Crippen LogP contribution in [0.1, 0.15) is 24.2 Å². The largest absolute Gasteiger partial charge is 0.312 e. The third-order valence-corrected chi connectivity index (χ3v) is 2.87. The maximum atomic E-state index is 5.93. The van der Waals surface area contributed by atoms with Gasteiger partial charge >= 0.3 is 0 Å². The highest BCUT2D eigenvalue weighted by molar-refractivity contribution is 6.28. The lowest BCUT2D eigenvalue weighted by Crippen LogP contribution is -2.14. The molecule has 0 fully saturated rings. The van der Waals surface area contributed by atoms with Gasteiger partial charge in [-0.25, -0.2) is 9.97 Å². The molecule has 1 unspecified atom stereocenters. The molecule has 3 nitrogen and oxygen atoms in total. The van der Waals surface area contributed by atoms with Crippen LogP contribution in [0.25, 0.3) is 10.9 Å². The molecule has 0 amide bonds. The normalized spacial score (nSPS) is 13.0. The van der Waals surface area contributed by atoms with Gasteiger partial charge in [0.15, 0.2) is 0 Å². The predicted octanol–water partition coefficient (Wildman–Crippen LogP) is 2.87. The Bertz CT molecular complexity index is 520. The molecule has 0 bridgehead atoms. The zero-order valence-corrected chi connectivity index (χ0v) is 10.3. The second kappa shape index (κ2) is 4.36. The second-order valence-electron chi connectivity index (χ2n) is 3.91. The Labute approximate surface area is 99.9 Å². The highest BCUT2D eigenvalue weighted by Crippen LogP contribution is 2.23. The van der Waals surface area contributed by atoms with E-state index in [0.717, 1.165) is 16.6 Å². The summed E-state index contributed by atoms with van der Waals surface area (Å²) in [5.41, 5.74) is 3.01. The van der Waals surface area contributed by atoms with E-state index in [1.54, 1.807) is 0 Å². The Balaban J connectivity index is 2.72. The Kier molecular flexibility index (Phi) is 3.08. The minimum Gasteiger partial charge on any atom is -0.312 e. The van der Waals surface area contributed by atoms with E-state index in [1.165, 1.54) is 5.56 Å². The predicted molar refractivity (Wildman–Crippen MR) is 66.8 cm³/mol. The number of aryl methyl sites for hydroxylation is 1. The van der Waals surface area contributed by atoms with Crippen LogP contribution in [-0.4, -0.2) is 17.0 Å². The van der Waals surface area contributed by atoms with Crippen LogP contribution in [0.2, 0.25) is 5.28 Å². The van der Waals surface area contributed by atoms with Crippen molar-refractivity contribution >= 4 is 22.5 Å². The minimum absolute atomic E-state index is 0.158. The van der Waals surface area contributed by atoms with Crippen molar-refractivity contribution in [2.75, 3.05) is 7.05 Å². The highest BCUT2D eigenvalue weighted by Gasteiger charge is 2.11. The first-order chi connectivity index (χ1) is 7.61. The minimum atomic E-state index is 0.158. The third kappa shape index (κ3) is 2.01. The van der Waals surface area contributed by atoms with Crippen LogP contribution in [-0.2, 0) is 0 Å². The number of rotatable bonds is 2. The van der Waals surface area contributed by atoms with Crippen molar-refractivity contribution in [1.82, 2.24) is 15.3 Å². The molecule has 84 valence electrons. The Hall–Kier alpha value is -1.19. The molecule has 1 atom stereocenters. The van der Waals surface area contributed by atoms with Gasteiger partial charge in [-0.05, 0) is 44.1 Å². The smallest absolute Gasteiger partial charge is 0.223 e. The maximum Gasteiger partial charge on any atom is 0.223 e. The molecule has 0 saturated heterocycles. The fraction of sp³-hybridized carbons (Fsp3) is 0.333. The quantitative estimate of drug-likeness (QED) is 0.814. The summed E-state index contributed by atoms with van der Waals surface area (Å²) in [4.78, 5) is 8.53. The first-order valence-electron chi connectivity index (χ1n) is 5.23. The summed E-state index contributed by atoms with van der Waals surface area (Å²) >= 11 is 5.93. The average molecular weight is 236 g/mol. The second-order valence-corrected chi connectivity index (χ2v) is 4.25. The average Bonchev–Trinajstić information content (AvgIpc) is 2.26. The molecule has 0 saturated carbocycles. The number of fused-ring (bicyclic) bond motifs is 1.